The Labute approximate surface area is 114 Å². The van der Waals surface area contributed by atoms with E-state index in [4.69, 9.17) is 23.2 Å². The van der Waals surface area contributed by atoms with Crippen LogP contribution in [0.15, 0.2) is 6.07 Å². The number of hydrogen-bond acceptors (Lipinski definition) is 2. The first-order valence-corrected chi connectivity index (χ1v) is 6.31. The monoisotopic (exact) mass is 327 g/mol. The lowest BCUT2D eigenvalue weighted by Crippen LogP contribution is -2.47. The molecule has 9 heteroatoms. The minimum absolute atomic E-state index is 0.0517. The van der Waals surface area contributed by atoms with Crippen molar-refractivity contribution >= 4 is 34.5 Å². The molecule has 0 saturated carbocycles. The molecule has 0 fully saturated rings. The number of hydrogen-bond donors (Lipinski definition) is 1. The van der Waals surface area contributed by atoms with Gasteiger partial charge < -0.3 is 5.32 Å². The maximum Gasteiger partial charge on any atom is 0.455 e. The van der Waals surface area contributed by atoms with Crippen LogP contribution in [0.1, 0.15) is 18.5 Å². The highest BCUT2D eigenvalue weighted by atomic mass is 35.5. The van der Waals surface area contributed by atoms with Gasteiger partial charge in [-0.25, -0.2) is 0 Å². The van der Waals surface area contributed by atoms with Gasteiger partial charge in [0.2, 0.25) is 0 Å². The molecule has 0 spiro atoms. The smallest absolute Gasteiger partial charge is 0.305 e. The minimum Gasteiger partial charge on any atom is -0.305 e. The number of alkyl halides is 5. The van der Waals surface area contributed by atoms with Crippen LogP contribution in [0.4, 0.5) is 22.0 Å². The molecule has 1 N–H and O–H groups in total. The summed E-state index contributed by atoms with van der Waals surface area (Å²) in [5, 5.41) is 2.09. The topological polar surface area (TPSA) is 12.0 Å². The third kappa shape index (κ3) is 3.07. The van der Waals surface area contributed by atoms with Crippen molar-refractivity contribution in [2.24, 2.45) is 0 Å². The fourth-order valence-corrected chi connectivity index (χ4v) is 2.88. The Morgan fingerprint density at radius 3 is 2.17 bits per heavy atom. The second-order valence-electron chi connectivity index (χ2n) is 3.39. The zero-order chi connectivity index (χ0) is 14.1. The highest BCUT2D eigenvalue weighted by Gasteiger charge is 2.63. The fraction of sp³-hybridized carbons (Fsp3) is 0.556. The molecule has 0 aliphatic heterocycles. The summed E-state index contributed by atoms with van der Waals surface area (Å²) < 4.78 is 63.7. The van der Waals surface area contributed by atoms with Crippen LogP contribution in [-0.2, 0) is 0 Å². The number of nitrogens with one attached hydrogen (secondary N) is 1. The SMILES string of the molecule is CCNC(c1cc(Cl)sc1Cl)C(F)(F)C(F)(F)F. The van der Waals surface area contributed by atoms with Gasteiger partial charge >= 0.3 is 12.1 Å². The Morgan fingerprint density at radius 1 is 1.28 bits per heavy atom. The summed E-state index contributed by atoms with van der Waals surface area (Å²) >= 11 is 11.9. The van der Waals surface area contributed by atoms with Crippen molar-refractivity contribution in [3.05, 3.63) is 20.3 Å². The van der Waals surface area contributed by atoms with Gasteiger partial charge in [-0.1, -0.05) is 30.1 Å². The van der Waals surface area contributed by atoms with E-state index in [1.807, 2.05) is 0 Å². The maximum atomic E-state index is 13.4. The molecule has 104 valence electrons. The molecular weight excluding hydrogens is 320 g/mol. The molecule has 0 aliphatic rings. The Balaban J connectivity index is 3.22. The van der Waals surface area contributed by atoms with E-state index in [1.165, 1.54) is 6.92 Å². The lowest BCUT2D eigenvalue weighted by Gasteiger charge is -2.29. The molecule has 0 aromatic carbocycles. The van der Waals surface area contributed by atoms with E-state index in [1.54, 1.807) is 0 Å². The van der Waals surface area contributed by atoms with Crippen molar-refractivity contribution in [3.63, 3.8) is 0 Å². The first-order chi connectivity index (χ1) is 8.11. The molecule has 1 unspecified atom stereocenters. The van der Waals surface area contributed by atoms with Crippen LogP contribution in [0.2, 0.25) is 8.67 Å². The summed E-state index contributed by atoms with van der Waals surface area (Å²) in [4.78, 5) is 0. The summed E-state index contributed by atoms with van der Waals surface area (Å²) in [6.07, 6.45) is -5.67. The van der Waals surface area contributed by atoms with Gasteiger partial charge in [0.15, 0.2) is 0 Å². The molecule has 1 rings (SSSR count). The van der Waals surface area contributed by atoms with Gasteiger partial charge in [0.05, 0.1) is 8.67 Å². The Hall–Kier alpha value is -0.110. The van der Waals surface area contributed by atoms with E-state index in [-0.39, 0.29) is 20.8 Å². The molecule has 0 saturated heterocycles. The molecule has 1 heterocycles. The van der Waals surface area contributed by atoms with Gasteiger partial charge in [0.25, 0.3) is 0 Å². The van der Waals surface area contributed by atoms with E-state index in [0.717, 1.165) is 17.4 Å². The molecule has 1 atom stereocenters. The van der Waals surface area contributed by atoms with Crippen molar-refractivity contribution in [2.45, 2.75) is 25.1 Å². The van der Waals surface area contributed by atoms with E-state index in [0.29, 0.717) is 0 Å². The van der Waals surface area contributed by atoms with Crippen LogP contribution < -0.4 is 5.32 Å². The van der Waals surface area contributed by atoms with Crippen molar-refractivity contribution in [2.75, 3.05) is 6.54 Å². The predicted octanol–water partition coefficient (Wildman–Crippen LogP) is 4.90. The molecule has 0 amide bonds. The highest BCUT2D eigenvalue weighted by Crippen LogP contribution is 2.48. The van der Waals surface area contributed by atoms with Crippen LogP contribution in [0.3, 0.4) is 0 Å². The third-order valence-corrected chi connectivity index (χ3v) is 3.66. The second kappa shape index (κ2) is 5.48. The lowest BCUT2D eigenvalue weighted by molar-refractivity contribution is -0.294. The molecule has 1 aromatic heterocycles. The van der Waals surface area contributed by atoms with Gasteiger partial charge in [-0.15, -0.1) is 11.3 Å². The average molecular weight is 328 g/mol. The summed E-state index contributed by atoms with van der Waals surface area (Å²) in [6.45, 7) is 1.35. The van der Waals surface area contributed by atoms with Gasteiger partial charge in [-0.05, 0) is 12.6 Å². The van der Waals surface area contributed by atoms with E-state index in [2.05, 4.69) is 5.32 Å². The zero-order valence-corrected chi connectivity index (χ0v) is 11.2. The quantitative estimate of drug-likeness (QED) is 0.775. The standard InChI is InChI=1S/C9H8Cl2F5NS/c1-2-17-6(8(12,13)9(14,15)16)4-3-5(10)18-7(4)11/h3,6,17H,2H2,1H3. The minimum atomic E-state index is -5.67. The van der Waals surface area contributed by atoms with Crippen LogP contribution in [0.25, 0.3) is 0 Å². The van der Waals surface area contributed by atoms with Crippen molar-refractivity contribution < 1.29 is 22.0 Å². The molecule has 0 radical (unpaired) electrons. The van der Waals surface area contributed by atoms with Crippen LogP contribution in [0, 0.1) is 0 Å². The van der Waals surface area contributed by atoms with Crippen molar-refractivity contribution in [3.8, 4) is 0 Å². The fourth-order valence-electron chi connectivity index (χ4n) is 1.35. The Morgan fingerprint density at radius 2 is 1.83 bits per heavy atom. The molecular formula is C9H8Cl2F5NS. The van der Waals surface area contributed by atoms with Crippen LogP contribution >= 0.6 is 34.5 Å². The second-order valence-corrected chi connectivity index (χ2v) is 5.68. The van der Waals surface area contributed by atoms with Crippen LogP contribution in [-0.4, -0.2) is 18.6 Å². The van der Waals surface area contributed by atoms with Gasteiger partial charge in [-0.3, -0.25) is 0 Å². The predicted molar refractivity (Wildman–Crippen MR) is 61.8 cm³/mol. The van der Waals surface area contributed by atoms with E-state index in [9.17, 15) is 22.0 Å². The van der Waals surface area contributed by atoms with Crippen molar-refractivity contribution in [1.82, 2.24) is 5.32 Å². The molecule has 1 aromatic rings. The van der Waals surface area contributed by atoms with E-state index >= 15 is 0 Å². The van der Waals surface area contributed by atoms with Gasteiger partial charge in [0.1, 0.15) is 6.04 Å². The summed E-state index contributed by atoms with van der Waals surface area (Å²) in [6, 6.07) is -1.24. The number of rotatable bonds is 4. The van der Waals surface area contributed by atoms with Crippen LogP contribution in [0.5, 0.6) is 0 Å². The van der Waals surface area contributed by atoms with Gasteiger partial charge in [0, 0.05) is 5.56 Å². The van der Waals surface area contributed by atoms with Gasteiger partial charge in [-0.2, -0.15) is 22.0 Å². The first kappa shape index (κ1) is 15.9. The average Bonchev–Trinajstić information content (AvgIpc) is 2.52. The summed E-state index contributed by atoms with van der Waals surface area (Å²) in [5.41, 5.74) is -0.351. The highest BCUT2D eigenvalue weighted by molar-refractivity contribution is 7.20. The maximum absolute atomic E-state index is 13.4. The normalized spacial score (nSPS) is 14.9. The molecule has 0 bridgehead atoms. The molecule has 18 heavy (non-hydrogen) atoms. The zero-order valence-electron chi connectivity index (χ0n) is 8.92. The summed E-state index contributed by atoms with van der Waals surface area (Å²) in [7, 11) is 0. The number of thiophene rings is 1. The summed E-state index contributed by atoms with van der Waals surface area (Å²) in [5.74, 6) is -4.93. The largest absolute Gasteiger partial charge is 0.455 e. The lowest BCUT2D eigenvalue weighted by atomic mass is 10.0. The first-order valence-electron chi connectivity index (χ1n) is 4.74. The van der Waals surface area contributed by atoms with Crippen molar-refractivity contribution in [1.29, 1.82) is 0 Å². The third-order valence-electron chi connectivity index (χ3n) is 2.14. The Bertz CT molecular complexity index is 418. The Kier molecular flexibility index (Phi) is 4.86. The molecule has 1 nitrogen and oxygen atoms in total. The number of halogens is 7. The van der Waals surface area contributed by atoms with E-state index < -0.39 is 18.1 Å². The molecule has 0 aliphatic carbocycles.